The molecule has 16 heavy (non-hydrogen) atoms. The first-order valence-electron chi connectivity index (χ1n) is 4.60. The van der Waals surface area contributed by atoms with Crippen molar-refractivity contribution in [3.63, 3.8) is 0 Å². The lowest BCUT2D eigenvalue weighted by Crippen LogP contribution is -2.00. The molecule has 1 aromatic heterocycles. The van der Waals surface area contributed by atoms with Gasteiger partial charge in [0.15, 0.2) is 0 Å². The van der Waals surface area contributed by atoms with Crippen molar-refractivity contribution < 1.29 is 9.53 Å². The van der Waals surface area contributed by atoms with Crippen LogP contribution in [0, 0.1) is 0 Å². The van der Waals surface area contributed by atoms with E-state index in [0.29, 0.717) is 16.5 Å². The normalized spacial score (nSPS) is 10.1. The fraction of sp³-hybridized carbons (Fsp3) is 0.0909. The first-order valence-corrected chi connectivity index (χ1v) is 4.98. The van der Waals surface area contributed by atoms with E-state index >= 15 is 0 Å². The Balaban J connectivity index is 2.35. The molecule has 5 heteroatoms. The Morgan fingerprint density at radius 2 is 2.31 bits per heavy atom. The molecule has 4 nitrogen and oxygen atoms in total. The van der Waals surface area contributed by atoms with Crippen LogP contribution in [-0.4, -0.2) is 23.0 Å². The zero-order chi connectivity index (χ0) is 11.5. The number of halogens is 1. The molecule has 1 N–H and O–H groups in total. The number of carbonyl (C=O) groups excluding carboxylic acids is 1. The molecule has 2 rings (SSSR count). The highest BCUT2D eigenvalue weighted by molar-refractivity contribution is 6.30. The second kappa shape index (κ2) is 4.37. The van der Waals surface area contributed by atoms with Gasteiger partial charge in [0.2, 0.25) is 0 Å². The lowest BCUT2D eigenvalue weighted by atomic mass is 10.2. The van der Waals surface area contributed by atoms with Gasteiger partial charge in [0.1, 0.15) is 11.5 Å². The lowest BCUT2D eigenvalue weighted by Gasteiger charge is -1.97. The van der Waals surface area contributed by atoms with E-state index in [0.717, 1.165) is 5.56 Å². The van der Waals surface area contributed by atoms with Gasteiger partial charge < -0.3 is 9.72 Å². The molecule has 0 atom stereocenters. The number of nitrogens with zero attached hydrogens (tertiary/aromatic N) is 1. The van der Waals surface area contributed by atoms with Crippen molar-refractivity contribution in [3.8, 4) is 11.4 Å². The van der Waals surface area contributed by atoms with Crippen LogP contribution in [0.4, 0.5) is 0 Å². The maximum absolute atomic E-state index is 11.2. The summed E-state index contributed by atoms with van der Waals surface area (Å²) >= 11 is 5.86. The fourth-order valence-electron chi connectivity index (χ4n) is 1.32. The molecule has 0 fully saturated rings. The first-order chi connectivity index (χ1) is 7.70. The summed E-state index contributed by atoms with van der Waals surface area (Å²) < 4.78 is 4.57. The molecular weight excluding hydrogens is 228 g/mol. The molecule has 1 aromatic carbocycles. The van der Waals surface area contributed by atoms with E-state index in [9.17, 15) is 4.79 Å². The number of carbonyl (C=O) groups is 1. The summed E-state index contributed by atoms with van der Waals surface area (Å²) in [6.07, 6.45) is 1.43. The van der Waals surface area contributed by atoms with Crippen molar-refractivity contribution in [1.29, 1.82) is 0 Å². The average molecular weight is 237 g/mol. The third-order valence-electron chi connectivity index (χ3n) is 2.08. The highest BCUT2D eigenvalue weighted by Gasteiger charge is 2.10. The zero-order valence-corrected chi connectivity index (χ0v) is 9.28. The summed E-state index contributed by atoms with van der Waals surface area (Å²) in [6.45, 7) is 0. The van der Waals surface area contributed by atoms with Crippen molar-refractivity contribution in [2.45, 2.75) is 0 Å². The largest absolute Gasteiger partial charge is 0.464 e. The first kappa shape index (κ1) is 10.7. The van der Waals surface area contributed by atoms with Crippen LogP contribution in [0.2, 0.25) is 5.02 Å². The molecule has 2 aromatic rings. The molecule has 1 heterocycles. The Bertz CT molecular complexity index is 522. The van der Waals surface area contributed by atoms with Crippen LogP contribution < -0.4 is 0 Å². The van der Waals surface area contributed by atoms with E-state index in [2.05, 4.69) is 14.7 Å². The van der Waals surface area contributed by atoms with Crippen LogP contribution in [0.3, 0.4) is 0 Å². The van der Waals surface area contributed by atoms with Gasteiger partial charge in [0, 0.05) is 10.6 Å². The number of aromatic nitrogens is 2. The number of methoxy groups -OCH3 is 1. The van der Waals surface area contributed by atoms with Gasteiger partial charge in [0.05, 0.1) is 13.3 Å². The van der Waals surface area contributed by atoms with Crippen molar-refractivity contribution in [2.24, 2.45) is 0 Å². The fourth-order valence-corrected chi connectivity index (χ4v) is 1.51. The predicted octanol–water partition coefficient (Wildman–Crippen LogP) is 2.52. The monoisotopic (exact) mass is 236 g/mol. The summed E-state index contributed by atoms with van der Waals surface area (Å²) in [5.74, 6) is 0.142. The molecular formula is C11H9ClN2O2. The number of rotatable bonds is 2. The number of imidazole rings is 1. The molecule has 82 valence electrons. The number of ether oxygens (including phenoxy) is 1. The third kappa shape index (κ3) is 2.06. The minimum absolute atomic E-state index is 0.317. The molecule has 0 amide bonds. The second-order valence-electron chi connectivity index (χ2n) is 3.15. The number of aromatic amines is 1. The van der Waals surface area contributed by atoms with Gasteiger partial charge >= 0.3 is 5.97 Å². The van der Waals surface area contributed by atoms with Crippen LogP contribution in [0.15, 0.2) is 30.5 Å². The molecule has 0 aliphatic carbocycles. The van der Waals surface area contributed by atoms with Crippen LogP contribution in [-0.2, 0) is 4.74 Å². The standard InChI is InChI=1S/C11H9ClN2O2/c1-16-11(15)9-6-13-10(14-9)7-3-2-4-8(12)5-7/h2-6H,1H3,(H,13,14). The summed E-state index contributed by atoms with van der Waals surface area (Å²) in [7, 11) is 1.32. The molecule has 0 unspecified atom stereocenters. The Hall–Kier alpha value is -1.81. The van der Waals surface area contributed by atoms with Crippen molar-refractivity contribution in [1.82, 2.24) is 9.97 Å². The van der Waals surface area contributed by atoms with Crippen molar-refractivity contribution in [2.75, 3.05) is 7.11 Å². The van der Waals surface area contributed by atoms with Gasteiger partial charge in [-0.05, 0) is 12.1 Å². The molecule has 0 bridgehead atoms. The van der Waals surface area contributed by atoms with E-state index < -0.39 is 5.97 Å². The molecule has 0 saturated heterocycles. The summed E-state index contributed by atoms with van der Waals surface area (Å²) in [4.78, 5) is 18.2. The van der Waals surface area contributed by atoms with Crippen LogP contribution in [0.1, 0.15) is 10.5 Å². The van der Waals surface area contributed by atoms with Gasteiger partial charge in [-0.3, -0.25) is 0 Å². The van der Waals surface area contributed by atoms with Gasteiger partial charge in [-0.25, -0.2) is 9.78 Å². The SMILES string of the molecule is COC(=O)c1cnc(-c2cccc(Cl)c2)[nH]1. The zero-order valence-electron chi connectivity index (χ0n) is 8.53. The maximum Gasteiger partial charge on any atom is 0.356 e. The van der Waals surface area contributed by atoms with Crippen molar-refractivity contribution in [3.05, 3.63) is 41.2 Å². The molecule has 0 aliphatic heterocycles. The minimum Gasteiger partial charge on any atom is -0.464 e. The topological polar surface area (TPSA) is 55.0 Å². The number of hydrogen-bond donors (Lipinski definition) is 1. The van der Waals surface area contributed by atoms with Crippen molar-refractivity contribution >= 4 is 17.6 Å². The van der Waals surface area contributed by atoms with Crippen LogP contribution in [0.25, 0.3) is 11.4 Å². The Morgan fingerprint density at radius 1 is 1.50 bits per heavy atom. The quantitative estimate of drug-likeness (QED) is 0.816. The Kier molecular flexibility index (Phi) is 2.92. The van der Waals surface area contributed by atoms with E-state index in [4.69, 9.17) is 11.6 Å². The summed E-state index contributed by atoms with van der Waals surface area (Å²) in [5.41, 5.74) is 1.14. The second-order valence-corrected chi connectivity index (χ2v) is 3.58. The van der Waals surface area contributed by atoms with Gasteiger partial charge in [-0.1, -0.05) is 23.7 Å². The average Bonchev–Trinajstić information content (AvgIpc) is 2.77. The number of nitrogens with one attached hydrogen (secondary N) is 1. The molecule has 0 saturated carbocycles. The number of esters is 1. The Labute approximate surface area is 97.2 Å². The van der Waals surface area contributed by atoms with E-state index in [1.54, 1.807) is 12.1 Å². The van der Waals surface area contributed by atoms with E-state index in [-0.39, 0.29) is 0 Å². The van der Waals surface area contributed by atoms with Crippen LogP contribution >= 0.6 is 11.6 Å². The van der Waals surface area contributed by atoms with Crippen LogP contribution in [0.5, 0.6) is 0 Å². The third-order valence-corrected chi connectivity index (χ3v) is 2.31. The van der Waals surface area contributed by atoms with E-state index in [1.165, 1.54) is 13.3 Å². The lowest BCUT2D eigenvalue weighted by molar-refractivity contribution is 0.0595. The Morgan fingerprint density at radius 3 is 3.00 bits per heavy atom. The van der Waals surface area contributed by atoms with Gasteiger partial charge in [-0.15, -0.1) is 0 Å². The van der Waals surface area contributed by atoms with Gasteiger partial charge in [0.25, 0.3) is 0 Å². The smallest absolute Gasteiger partial charge is 0.356 e. The molecule has 0 radical (unpaired) electrons. The molecule has 0 aliphatic rings. The number of H-pyrrole nitrogens is 1. The number of benzene rings is 1. The van der Waals surface area contributed by atoms with Gasteiger partial charge in [-0.2, -0.15) is 0 Å². The highest BCUT2D eigenvalue weighted by Crippen LogP contribution is 2.19. The molecule has 0 spiro atoms. The van der Waals surface area contributed by atoms with E-state index in [1.807, 2.05) is 12.1 Å². The predicted molar refractivity (Wildman–Crippen MR) is 60.4 cm³/mol. The minimum atomic E-state index is -0.444. The number of hydrogen-bond acceptors (Lipinski definition) is 3. The summed E-state index contributed by atoms with van der Waals surface area (Å²) in [5, 5.41) is 0.619. The summed E-state index contributed by atoms with van der Waals surface area (Å²) in [6, 6.07) is 7.21. The maximum atomic E-state index is 11.2. The highest BCUT2D eigenvalue weighted by atomic mass is 35.5.